The quantitative estimate of drug-likeness (QED) is 0.427. The van der Waals surface area contributed by atoms with E-state index in [2.05, 4.69) is 5.16 Å². The molecular formula is C19H15Cl2NO4. The SMILES string of the molecule is Cc1onc(-c2c(Cl)cccc2Cl)c1C(=O)OCCOc1ccccc1. The third-order valence-electron chi connectivity index (χ3n) is 3.59. The van der Waals surface area contributed by atoms with E-state index in [4.69, 9.17) is 37.2 Å². The molecule has 5 nitrogen and oxygen atoms in total. The van der Waals surface area contributed by atoms with Gasteiger partial charge in [-0.05, 0) is 31.2 Å². The van der Waals surface area contributed by atoms with Crippen LogP contribution in [0.4, 0.5) is 0 Å². The summed E-state index contributed by atoms with van der Waals surface area (Å²) in [5.74, 6) is 0.449. The summed E-state index contributed by atoms with van der Waals surface area (Å²) in [6.07, 6.45) is 0. The zero-order valence-electron chi connectivity index (χ0n) is 13.9. The van der Waals surface area contributed by atoms with Gasteiger partial charge in [0.1, 0.15) is 36.0 Å². The number of aromatic nitrogens is 1. The fourth-order valence-corrected chi connectivity index (χ4v) is 2.97. The van der Waals surface area contributed by atoms with Crippen LogP contribution >= 0.6 is 23.2 Å². The van der Waals surface area contributed by atoms with Crippen LogP contribution in [-0.2, 0) is 4.74 Å². The van der Waals surface area contributed by atoms with E-state index in [1.807, 2.05) is 30.3 Å². The summed E-state index contributed by atoms with van der Waals surface area (Å²) in [5.41, 5.74) is 0.881. The summed E-state index contributed by atoms with van der Waals surface area (Å²) in [6, 6.07) is 14.3. The Morgan fingerprint density at radius 2 is 1.73 bits per heavy atom. The molecule has 0 spiro atoms. The molecule has 0 saturated carbocycles. The zero-order chi connectivity index (χ0) is 18.5. The molecule has 0 unspecified atom stereocenters. The van der Waals surface area contributed by atoms with Crippen molar-refractivity contribution in [3.8, 4) is 17.0 Å². The molecule has 0 aliphatic heterocycles. The van der Waals surface area contributed by atoms with Crippen molar-refractivity contribution in [1.29, 1.82) is 0 Å². The lowest BCUT2D eigenvalue weighted by atomic mass is 10.1. The Hall–Kier alpha value is -2.50. The number of rotatable bonds is 6. The van der Waals surface area contributed by atoms with Gasteiger partial charge in [-0.1, -0.05) is 52.6 Å². The van der Waals surface area contributed by atoms with Crippen LogP contribution < -0.4 is 4.74 Å². The Morgan fingerprint density at radius 1 is 1.04 bits per heavy atom. The number of para-hydroxylation sites is 1. The van der Waals surface area contributed by atoms with Crippen molar-refractivity contribution in [2.75, 3.05) is 13.2 Å². The van der Waals surface area contributed by atoms with Gasteiger partial charge in [-0.15, -0.1) is 0 Å². The van der Waals surface area contributed by atoms with Gasteiger partial charge in [-0.2, -0.15) is 0 Å². The number of hydrogen-bond acceptors (Lipinski definition) is 5. The summed E-state index contributed by atoms with van der Waals surface area (Å²) < 4.78 is 15.9. The third kappa shape index (κ3) is 4.00. The molecular weight excluding hydrogens is 377 g/mol. The second-order valence-electron chi connectivity index (χ2n) is 5.36. The minimum absolute atomic E-state index is 0.0774. The summed E-state index contributed by atoms with van der Waals surface area (Å²) >= 11 is 12.4. The second-order valence-corrected chi connectivity index (χ2v) is 6.17. The number of esters is 1. The number of halogens is 2. The van der Waals surface area contributed by atoms with Crippen molar-refractivity contribution in [3.05, 3.63) is 69.9 Å². The maximum absolute atomic E-state index is 12.5. The molecule has 0 amide bonds. The maximum Gasteiger partial charge on any atom is 0.344 e. The van der Waals surface area contributed by atoms with E-state index in [0.717, 1.165) is 0 Å². The molecule has 0 saturated heterocycles. The summed E-state index contributed by atoms with van der Waals surface area (Å²) in [6.45, 7) is 1.93. The summed E-state index contributed by atoms with van der Waals surface area (Å²) in [7, 11) is 0. The summed E-state index contributed by atoms with van der Waals surface area (Å²) in [5, 5.41) is 4.66. The van der Waals surface area contributed by atoms with Crippen molar-refractivity contribution < 1.29 is 18.8 Å². The molecule has 134 valence electrons. The zero-order valence-corrected chi connectivity index (χ0v) is 15.4. The third-order valence-corrected chi connectivity index (χ3v) is 4.22. The molecule has 0 atom stereocenters. The van der Waals surface area contributed by atoms with E-state index in [9.17, 15) is 4.79 Å². The lowest BCUT2D eigenvalue weighted by molar-refractivity contribution is 0.0449. The van der Waals surface area contributed by atoms with Crippen LogP contribution in [0.25, 0.3) is 11.3 Å². The first kappa shape index (κ1) is 18.3. The van der Waals surface area contributed by atoms with Crippen molar-refractivity contribution in [3.63, 3.8) is 0 Å². The fraction of sp³-hybridized carbons (Fsp3) is 0.158. The number of hydrogen-bond donors (Lipinski definition) is 0. The van der Waals surface area contributed by atoms with Gasteiger partial charge in [0.2, 0.25) is 0 Å². The Bertz CT molecular complexity index is 889. The van der Waals surface area contributed by atoms with Gasteiger partial charge < -0.3 is 14.0 Å². The highest BCUT2D eigenvalue weighted by Crippen LogP contribution is 2.36. The number of benzene rings is 2. The first-order valence-corrected chi connectivity index (χ1v) is 8.59. The van der Waals surface area contributed by atoms with Crippen LogP contribution in [0.5, 0.6) is 5.75 Å². The van der Waals surface area contributed by atoms with E-state index in [1.165, 1.54) is 0 Å². The van der Waals surface area contributed by atoms with E-state index in [0.29, 0.717) is 27.1 Å². The van der Waals surface area contributed by atoms with Gasteiger partial charge >= 0.3 is 5.97 Å². The largest absolute Gasteiger partial charge is 0.490 e. The van der Waals surface area contributed by atoms with Gasteiger partial charge in [0.05, 0.1) is 10.0 Å². The minimum Gasteiger partial charge on any atom is -0.490 e. The van der Waals surface area contributed by atoms with Crippen LogP contribution in [0.1, 0.15) is 16.1 Å². The maximum atomic E-state index is 12.5. The average Bonchev–Trinajstić information content (AvgIpc) is 3.01. The first-order chi connectivity index (χ1) is 12.6. The van der Waals surface area contributed by atoms with E-state index in [1.54, 1.807) is 25.1 Å². The first-order valence-electron chi connectivity index (χ1n) is 7.83. The predicted octanol–water partition coefficient (Wildman–Crippen LogP) is 5.19. The Morgan fingerprint density at radius 3 is 2.42 bits per heavy atom. The number of ether oxygens (including phenoxy) is 2. The van der Waals surface area contributed by atoms with Gasteiger partial charge in [0.15, 0.2) is 0 Å². The molecule has 0 N–H and O–H groups in total. The second kappa shape index (κ2) is 8.25. The van der Waals surface area contributed by atoms with Crippen molar-refractivity contribution in [2.45, 2.75) is 6.92 Å². The highest BCUT2D eigenvalue weighted by atomic mass is 35.5. The molecule has 26 heavy (non-hydrogen) atoms. The molecule has 1 heterocycles. The Labute approximate surface area is 160 Å². The number of aryl methyl sites for hydroxylation is 1. The van der Waals surface area contributed by atoms with E-state index < -0.39 is 5.97 Å². The van der Waals surface area contributed by atoms with Crippen LogP contribution in [0.15, 0.2) is 53.1 Å². The highest BCUT2D eigenvalue weighted by Gasteiger charge is 2.25. The van der Waals surface area contributed by atoms with Gasteiger partial charge in [0.25, 0.3) is 0 Å². The van der Waals surface area contributed by atoms with Gasteiger partial charge in [-0.3, -0.25) is 0 Å². The molecule has 0 fully saturated rings. The van der Waals surface area contributed by atoms with Gasteiger partial charge in [-0.25, -0.2) is 4.79 Å². The lowest BCUT2D eigenvalue weighted by Gasteiger charge is -2.08. The fourth-order valence-electron chi connectivity index (χ4n) is 2.39. The van der Waals surface area contributed by atoms with Crippen molar-refractivity contribution >= 4 is 29.2 Å². The number of carbonyl (C=O) groups excluding carboxylic acids is 1. The molecule has 1 aromatic heterocycles. The van der Waals surface area contributed by atoms with E-state index in [-0.39, 0.29) is 24.5 Å². The molecule has 3 rings (SSSR count). The molecule has 7 heteroatoms. The number of nitrogens with zero attached hydrogens (tertiary/aromatic N) is 1. The molecule has 0 aliphatic carbocycles. The number of carbonyl (C=O) groups is 1. The lowest BCUT2D eigenvalue weighted by Crippen LogP contribution is -2.13. The topological polar surface area (TPSA) is 61.6 Å². The van der Waals surface area contributed by atoms with E-state index >= 15 is 0 Å². The van der Waals surface area contributed by atoms with Crippen LogP contribution in [-0.4, -0.2) is 24.3 Å². The average molecular weight is 392 g/mol. The normalized spacial score (nSPS) is 10.6. The van der Waals surface area contributed by atoms with Crippen LogP contribution in [0.2, 0.25) is 10.0 Å². The molecule has 0 aliphatic rings. The standard InChI is InChI=1S/C19H15Cl2NO4/c1-12-16(18(22-26-12)17-14(20)8-5-9-15(17)21)19(23)25-11-10-24-13-6-3-2-4-7-13/h2-9H,10-11H2,1H3. The molecule has 3 aromatic rings. The van der Waals surface area contributed by atoms with Crippen LogP contribution in [0.3, 0.4) is 0 Å². The smallest absolute Gasteiger partial charge is 0.344 e. The molecule has 2 aromatic carbocycles. The Kier molecular flexibility index (Phi) is 5.81. The van der Waals surface area contributed by atoms with Crippen molar-refractivity contribution in [2.24, 2.45) is 0 Å². The van der Waals surface area contributed by atoms with Crippen LogP contribution in [0, 0.1) is 6.92 Å². The molecule has 0 radical (unpaired) electrons. The summed E-state index contributed by atoms with van der Waals surface area (Å²) in [4.78, 5) is 12.5. The highest BCUT2D eigenvalue weighted by molar-refractivity contribution is 6.39. The van der Waals surface area contributed by atoms with Gasteiger partial charge in [0, 0.05) is 5.56 Å². The molecule has 0 bridgehead atoms. The minimum atomic E-state index is -0.577. The Balaban J connectivity index is 1.71. The van der Waals surface area contributed by atoms with Crippen molar-refractivity contribution in [1.82, 2.24) is 5.16 Å². The predicted molar refractivity (Wildman–Crippen MR) is 98.9 cm³/mol. The monoisotopic (exact) mass is 391 g/mol.